The molecular weight excluding hydrogens is 410 g/mol. The van der Waals surface area contributed by atoms with Crippen molar-refractivity contribution in [2.45, 2.75) is 39.3 Å². The number of benzene rings is 3. The van der Waals surface area contributed by atoms with E-state index in [0.717, 1.165) is 22.3 Å². The number of ketones is 1. The first-order valence-corrected chi connectivity index (χ1v) is 10.6. The predicted molar refractivity (Wildman–Crippen MR) is 123 cm³/mol. The van der Waals surface area contributed by atoms with Crippen molar-refractivity contribution in [3.63, 3.8) is 0 Å². The monoisotopic (exact) mass is 433 g/mol. The number of aryl methyl sites for hydroxylation is 3. The van der Waals surface area contributed by atoms with Crippen molar-refractivity contribution >= 4 is 29.0 Å². The van der Waals surface area contributed by atoms with Gasteiger partial charge in [-0.1, -0.05) is 54.1 Å². The number of anilines is 1. The van der Waals surface area contributed by atoms with Crippen LogP contribution in [0.2, 0.25) is 5.02 Å². The van der Waals surface area contributed by atoms with Gasteiger partial charge in [0.15, 0.2) is 11.4 Å². The summed E-state index contributed by atoms with van der Waals surface area (Å²) < 4.78 is 0. The average molecular weight is 434 g/mol. The maximum absolute atomic E-state index is 13.5. The van der Waals surface area contributed by atoms with Crippen molar-refractivity contribution in [3.05, 3.63) is 99.1 Å². The minimum absolute atomic E-state index is 0.217. The molecule has 3 aromatic carbocycles. The summed E-state index contributed by atoms with van der Waals surface area (Å²) in [5.41, 5.74) is 3.37. The zero-order chi connectivity index (χ0) is 22.3. The molecule has 1 aliphatic rings. The first-order valence-electron chi connectivity index (χ1n) is 10.2. The minimum Gasteiger partial charge on any atom is -0.375 e. The van der Waals surface area contributed by atoms with Gasteiger partial charge in [0.25, 0.3) is 5.91 Å². The number of hydrogen-bond donors (Lipinski definition) is 1. The van der Waals surface area contributed by atoms with E-state index in [4.69, 9.17) is 11.6 Å². The Morgan fingerprint density at radius 1 is 0.968 bits per heavy atom. The molecule has 5 heteroatoms. The zero-order valence-corrected chi connectivity index (χ0v) is 18.5. The van der Waals surface area contributed by atoms with Crippen LogP contribution in [0.5, 0.6) is 0 Å². The van der Waals surface area contributed by atoms with Crippen LogP contribution in [0.25, 0.3) is 0 Å². The highest BCUT2D eigenvalue weighted by Crippen LogP contribution is 2.44. The molecule has 1 heterocycles. The Balaban J connectivity index is 1.71. The molecule has 4 nitrogen and oxygen atoms in total. The molecule has 0 radical (unpaired) electrons. The number of fused-ring (bicyclic) bond motifs is 1. The fourth-order valence-electron chi connectivity index (χ4n) is 4.22. The van der Waals surface area contributed by atoms with Crippen LogP contribution < -0.4 is 4.90 Å². The Kier molecular flexibility index (Phi) is 5.46. The summed E-state index contributed by atoms with van der Waals surface area (Å²) in [4.78, 5) is 28.2. The third kappa shape index (κ3) is 3.67. The van der Waals surface area contributed by atoms with Crippen molar-refractivity contribution in [2.24, 2.45) is 0 Å². The van der Waals surface area contributed by atoms with Crippen LogP contribution in [0.1, 0.15) is 44.6 Å². The summed E-state index contributed by atoms with van der Waals surface area (Å²) in [6.07, 6.45) is -0.314. The molecule has 0 spiro atoms. The number of carbonyl (C=O) groups excluding carboxylic acids is 2. The van der Waals surface area contributed by atoms with Gasteiger partial charge >= 0.3 is 0 Å². The van der Waals surface area contributed by atoms with Gasteiger partial charge in [-0.05, 0) is 61.2 Å². The van der Waals surface area contributed by atoms with Gasteiger partial charge in [-0.3, -0.25) is 9.59 Å². The largest absolute Gasteiger partial charge is 0.375 e. The molecule has 1 N–H and O–H groups in total. The molecule has 1 aliphatic heterocycles. The standard InChI is InChI=1S/C26H24ClNO3/c1-16-12-18(3)20(13-17(16)2)24(29)14-26(31)21-9-5-7-11-23(21)28(25(26)30)15-19-8-4-6-10-22(19)27/h4-13,31H,14-15H2,1-3H3/t26-/m1/s1. The van der Waals surface area contributed by atoms with Gasteiger partial charge in [0.05, 0.1) is 18.7 Å². The number of para-hydroxylation sites is 1. The molecule has 0 bridgehead atoms. The molecule has 0 aliphatic carbocycles. The van der Waals surface area contributed by atoms with Crippen LogP contribution in [0.15, 0.2) is 60.7 Å². The number of carbonyl (C=O) groups is 2. The van der Waals surface area contributed by atoms with Gasteiger partial charge in [0.2, 0.25) is 0 Å². The summed E-state index contributed by atoms with van der Waals surface area (Å²) >= 11 is 6.30. The smallest absolute Gasteiger partial charge is 0.264 e. The first kappa shape index (κ1) is 21.3. The second-order valence-electron chi connectivity index (χ2n) is 8.21. The zero-order valence-electron chi connectivity index (χ0n) is 17.8. The molecule has 0 unspecified atom stereocenters. The number of rotatable bonds is 5. The van der Waals surface area contributed by atoms with Crippen LogP contribution in [0.4, 0.5) is 5.69 Å². The number of nitrogens with zero attached hydrogens (tertiary/aromatic N) is 1. The summed E-state index contributed by atoms with van der Waals surface area (Å²) in [5.74, 6) is -0.769. The Morgan fingerprint density at radius 3 is 2.35 bits per heavy atom. The van der Waals surface area contributed by atoms with Gasteiger partial charge in [-0.2, -0.15) is 0 Å². The Morgan fingerprint density at radius 2 is 1.61 bits per heavy atom. The van der Waals surface area contributed by atoms with E-state index in [-0.39, 0.29) is 18.7 Å². The molecule has 3 aromatic rings. The highest BCUT2D eigenvalue weighted by Gasteiger charge is 2.50. The lowest BCUT2D eigenvalue weighted by atomic mass is 9.86. The number of hydrogen-bond acceptors (Lipinski definition) is 3. The summed E-state index contributed by atoms with van der Waals surface area (Å²) in [6.45, 7) is 6.03. The molecule has 0 fully saturated rings. The van der Waals surface area contributed by atoms with Crippen molar-refractivity contribution in [1.29, 1.82) is 0 Å². The lowest BCUT2D eigenvalue weighted by Crippen LogP contribution is -2.41. The Bertz CT molecular complexity index is 1200. The van der Waals surface area contributed by atoms with Crippen molar-refractivity contribution < 1.29 is 14.7 Å². The van der Waals surface area contributed by atoms with Crippen molar-refractivity contribution in [2.75, 3.05) is 4.90 Å². The fraction of sp³-hybridized carbons (Fsp3) is 0.231. The fourth-order valence-corrected chi connectivity index (χ4v) is 4.42. The normalized spacial score (nSPS) is 17.7. The van der Waals surface area contributed by atoms with Crippen LogP contribution in [0.3, 0.4) is 0 Å². The summed E-state index contributed by atoms with van der Waals surface area (Å²) in [7, 11) is 0. The lowest BCUT2D eigenvalue weighted by molar-refractivity contribution is -0.136. The highest BCUT2D eigenvalue weighted by atomic mass is 35.5. The van der Waals surface area contributed by atoms with Crippen molar-refractivity contribution in [1.82, 2.24) is 0 Å². The molecule has 0 aromatic heterocycles. The van der Waals surface area contributed by atoms with Crippen LogP contribution in [0, 0.1) is 20.8 Å². The van der Waals surface area contributed by atoms with Gasteiger partial charge < -0.3 is 10.0 Å². The second kappa shape index (κ2) is 7.95. The number of amides is 1. The molecule has 0 saturated carbocycles. The van der Waals surface area contributed by atoms with E-state index < -0.39 is 11.5 Å². The van der Waals surface area contributed by atoms with Gasteiger partial charge in [-0.25, -0.2) is 0 Å². The molecular formula is C26H24ClNO3. The number of aliphatic hydroxyl groups is 1. The van der Waals surface area contributed by atoms with Gasteiger partial charge in [0.1, 0.15) is 0 Å². The maximum Gasteiger partial charge on any atom is 0.264 e. The van der Waals surface area contributed by atoms with E-state index in [0.29, 0.717) is 21.8 Å². The van der Waals surface area contributed by atoms with Crippen LogP contribution in [-0.2, 0) is 16.9 Å². The lowest BCUT2D eigenvalue weighted by Gasteiger charge is -2.23. The van der Waals surface area contributed by atoms with E-state index in [9.17, 15) is 14.7 Å². The molecule has 4 rings (SSSR count). The summed E-state index contributed by atoms with van der Waals surface area (Å²) in [6, 6.07) is 18.2. The van der Waals surface area contributed by atoms with E-state index in [1.54, 1.807) is 24.3 Å². The topological polar surface area (TPSA) is 57.6 Å². The third-order valence-electron chi connectivity index (χ3n) is 6.08. The quantitative estimate of drug-likeness (QED) is 0.557. The highest BCUT2D eigenvalue weighted by molar-refractivity contribution is 6.31. The maximum atomic E-state index is 13.5. The molecule has 1 amide bonds. The first-order chi connectivity index (χ1) is 14.7. The summed E-state index contributed by atoms with van der Waals surface area (Å²) in [5, 5.41) is 12.1. The predicted octanol–water partition coefficient (Wildman–Crippen LogP) is 5.27. The van der Waals surface area contributed by atoms with Crippen LogP contribution in [-0.4, -0.2) is 16.8 Å². The molecule has 1 atom stereocenters. The second-order valence-corrected chi connectivity index (χ2v) is 8.62. The van der Waals surface area contributed by atoms with Gasteiger partial charge in [0, 0.05) is 16.1 Å². The number of Topliss-reactive ketones (excluding diaryl/α,β-unsaturated/α-hetero) is 1. The molecule has 158 valence electrons. The van der Waals surface area contributed by atoms with Gasteiger partial charge in [-0.15, -0.1) is 0 Å². The van der Waals surface area contributed by atoms with Crippen molar-refractivity contribution in [3.8, 4) is 0 Å². The SMILES string of the molecule is Cc1cc(C)c(C(=O)C[C@]2(O)C(=O)N(Cc3ccccc3Cl)c3ccccc32)cc1C. The number of halogens is 1. The van der Waals surface area contributed by atoms with E-state index in [1.807, 2.05) is 57.2 Å². The Hall–Kier alpha value is -2.95. The Labute approximate surface area is 187 Å². The third-order valence-corrected chi connectivity index (χ3v) is 6.45. The van der Waals surface area contributed by atoms with E-state index in [1.165, 1.54) is 4.90 Å². The average Bonchev–Trinajstić information content (AvgIpc) is 2.94. The minimum atomic E-state index is -1.92. The van der Waals surface area contributed by atoms with Crippen LogP contribution >= 0.6 is 11.6 Å². The molecule has 31 heavy (non-hydrogen) atoms. The molecule has 0 saturated heterocycles. The van der Waals surface area contributed by atoms with E-state index in [2.05, 4.69) is 0 Å². The van der Waals surface area contributed by atoms with E-state index >= 15 is 0 Å².